The van der Waals surface area contributed by atoms with E-state index in [9.17, 15) is 19.6 Å². The van der Waals surface area contributed by atoms with E-state index in [0.717, 1.165) is 49.9 Å². The lowest BCUT2D eigenvalue weighted by Gasteiger charge is -2.32. The van der Waals surface area contributed by atoms with Crippen LogP contribution in [0.5, 0.6) is 0 Å². The zero-order valence-electron chi connectivity index (χ0n) is 35.1. The van der Waals surface area contributed by atoms with Crippen molar-refractivity contribution in [2.45, 2.75) is 126 Å². The van der Waals surface area contributed by atoms with Crippen molar-refractivity contribution in [1.82, 2.24) is 54.7 Å². The molecular weight excluding hydrogens is 861 g/mol. The predicted molar refractivity (Wildman–Crippen MR) is 227 cm³/mol. The number of nitrogens with two attached hydrogens (primary N) is 1. The molecule has 18 nitrogen and oxygen atoms in total. The number of nitriles is 1. The molecule has 3 amide bonds. The quantitative estimate of drug-likeness (QED) is 0.261. The number of carbonyl (C=O) groups is 3. The van der Waals surface area contributed by atoms with Gasteiger partial charge in [-0.15, -0.1) is 10.2 Å². The van der Waals surface area contributed by atoms with Crippen molar-refractivity contribution in [2.24, 2.45) is 17.6 Å². The van der Waals surface area contributed by atoms with Gasteiger partial charge in [0.15, 0.2) is 5.54 Å². The molecule has 0 spiro atoms. The van der Waals surface area contributed by atoms with Crippen LogP contribution >= 0.6 is 34.8 Å². The van der Waals surface area contributed by atoms with Gasteiger partial charge in [-0.05, 0) is 98.0 Å². The van der Waals surface area contributed by atoms with Gasteiger partial charge in [0, 0.05) is 57.1 Å². The number of nitrogens with zero attached hydrogens (tertiary/aromatic N) is 12. The molecule has 4 aliphatic carbocycles. The SMILES string of the molecule is Clc1nc(Cl)nc(Cl)n1.N#CC1(n2cc([C@@H](CC(=O)N3CCOCC3)C3CCCCC3)nn2)CC1.NC(=O)C1(n2cc([C@@H](CC(=O)N3CCOCC3)C3CCCCC3)nn2)CC1. The Bertz CT molecular complexity index is 1980. The Morgan fingerprint density at radius 3 is 1.45 bits per heavy atom. The van der Waals surface area contributed by atoms with Gasteiger partial charge in [0.1, 0.15) is 5.54 Å². The standard InChI is InChI=1S/C19H29N5O3.C19H27N5O2.C3Cl3N3/c20-18(26)19(6-7-19)24-13-16(21-22-24)15(14-4-2-1-3-5-14)12-17(25)23-8-10-27-11-9-23;20-14-19(6-7-19)24-13-17(21-22-24)16(15-4-2-1-3-5-15)12-18(25)23-8-10-26-11-9-23;4-1-7-2(5)9-3(6)8-1/h13-15H,1-12H2,(H2,20,26);13,15-16H,1-12H2;/t15-;16-;/m00./s1. The van der Waals surface area contributed by atoms with Crippen LogP contribution in [0.15, 0.2) is 12.4 Å². The molecule has 0 bridgehead atoms. The fourth-order valence-electron chi connectivity index (χ4n) is 9.19. The number of primary amides is 1. The van der Waals surface area contributed by atoms with Crippen LogP contribution in [0, 0.1) is 23.2 Å². The molecule has 336 valence electrons. The van der Waals surface area contributed by atoms with Crippen molar-refractivity contribution in [3.63, 3.8) is 0 Å². The first-order chi connectivity index (χ1) is 30.0. The molecule has 6 fully saturated rings. The third kappa shape index (κ3) is 11.6. The molecular formula is C41H56Cl3N13O5. The Labute approximate surface area is 376 Å². The van der Waals surface area contributed by atoms with Crippen LogP contribution in [0.25, 0.3) is 0 Å². The normalized spacial score (nSPS) is 21.8. The summed E-state index contributed by atoms with van der Waals surface area (Å²) in [5, 5.41) is 26.7. The van der Waals surface area contributed by atoms with Crippen molar-refractivity contribution in [2.75, 3.05) is 52.6 Å². The van der Waals surface area contributed by atoms with Crippen molar-refractivity contribution >= 4 is 52.5 Å². The number of hydrogen-bond acceptors (Lipinski definition) is 13. The number of halogens is 3. The molecule has 62 heavy (non-hydrogen) atoms. The number of aromatic nitrogens is 9. The minimum Gasteiger partial charge on any atom is -0.378 e. The second-order valence-corrected chi connectivity index (χ2v) is 18.3. The molecule has 21 heteroatoms. The number of amides is 3. The molecule has 3 aromatic heterocycles. The lowest BCUT2D eigenvalue weighted by molar-refractivity contribution is -0.136. The van der Waals surface area contributed by atoms with E-state index in [1.54, 1.807) is 9.36 Å². The molecule has 2 N–H and O–H groups in total. The fraction of sp³-hybridized carbons (Fsp3) is 0.732. The van der Waals surface area contributed by atoms with Gasteiger partial charge in [-0.25, -0.2) is 9.36 Å². The number of ether oxygens (including phenoxy) is 2. The van der Waals surface area contributed by atoms with Crippen molar-refractivity contribution in [1.29, 1.82) is 5.26 Å². The van der Waals surface area contributed by atoms with E-state index in [1.807, 2.05) is 22.2 Å². The van der Waals surface area contributed by atoms with Crippen molar-refractivity contribution in [3.05, 3.63) is 39.6 Å². The summed E-state index contributed by atoms with van der Waals surface area (Å²) in [7, 11) is 0. The highest BCUT2D eigenvalue weighted by atomic mass is 35.5. The summed E-state index contributed by atoms with van der Waals surface area (Å²) < 4.78 is 14.1. The van der Waals surface area contributed by atoms with Gasteiger partial charge in [0.2, 0.25) is 33.6 Å². The van der Waals surface area contributed by atoms with E-state index in [1.165, 1.54) is 38.5 Å². The molecule has 0 aromatic carbocycles. The van der Waals surface area contributed by atoms with Gasteiger partial charge in [0.05, 0.1) is 50.1 Å². The summed E-state index contributed by atoms with van der Waals surface area (Å²) in [4.78, 5) is 51.8. The van der Waals surface area contributed by atoms with E-state index < -0.39 is 11.1 Å². The lowest BCUT2D eigenvalue weighted by Crippen LogP contribution is -2.41. The van der Waals surface area contributed by atoms with Crippen LogP contribution in [-0.2, 0) is 34.9 Å². The fourth-order valence-corrected chi connectivity index (χ4v) is 9.80. The van der Waals surface area contributed by atoms with Gasteiger partial charge in [-0.3, -0.25) is 14.4 Å². The summed E-state index contributed by atoms with van der Waals surface area (Å²) >= 11 is 16.0. The number of rotatable bonds is 11. The van der Waals surface area contributed by atoms with Crippen LogP contribution in [-0.4, -0.2) is 125 Å². The van der Waals surface area contributed by atoms with E-state index in [0.29, 0.717) is 90.1 Å². The van der Waals surface area contributed by atoms with E-state index in [2.05, 4.69) is 41.6 Å². The first kappa shape index (κ1) is 46.0. The highest BCUT2D eigenvalue weighted by Crippen LogP contribution is 2.45. The zero-order chi connectivity index (χ0) is 43.7. The number of hydrogen-bond donors (Lipinski definition) is 1. The summed E-state index contributed by atoms with van der Waals surface area (Å²) in [5.41, 5.74) is 6.10. The van der Waals surface area contributed by atoms with Crippen LogP contribution < -0.4 is 5.73 Å². The lowest BCUT2D eigenvalue weighted by atomic mass is 9.77. The smallest absolute Gasteiger partial charge is 0.245 e. The monoisotopic (exact) mass is 915 g/mol. The summed E-state index contributed by atoms with van der Waals surface area (Å²) in [6, 6.07) is 2.36. The summed E-state index contributed by atoms with van der Waals surface area (Å²) in [6.07, 6.45) is 19.8. The first-order valence-corrected chi connectivity index (χ1v) is 23.1. The average molecular weight is 917 g/mol. The second-order valence-electron chi connectivity index (χ2n) is 17.3. The minimum absolute atomic E-state index is 0.000000000000000444. The molecule has 4 saturated carbocycles. The maximum Gasteiger partial charge on any atom is 0.245 e. The topological polar surface area (TPSA) is 226 Å². The Hall–Kier alpha value is -4.02. The van der Waals surface area contributed by atoms with E-state index >= 15 is 0 Å². The van der Waals surface area contributed by atoms with Gasteiger partial charge >= 0.3 is 0 Å². The zero-order valence-corrected chi connectivity index (χ0v) is 37.3. The average Bonchev–Trinajstić information content (AvgIpc) is 4.18. The summed E-state index contributed by atoms with van der Waals surface area (Å²) in [6.45, 7) is 5.15. The van der Waals surface area contributed by atoms with Crippen LogP contribution in [0.2, 0.25) is 15.9 Å². The molecule has 2 aliphatic heterocycles. The maximum atomic E-state index is 12.9. The maximum absolute atomic E-state index is 12.9. The molecule has 6 aliphatic rings. The molecule has 0 unspecified atom stereocenters. The minimum atomic E-state index is -0.698. The third-order valence-electron chi connectivity index (χ3n) is 13.3. The second kappa shape index (κ2) is 21.1. The highest BCUT2D eigenvalue weighted by Gasteiger charge is 2.52. The Balaban J connectivity index is 0.000000156. The van der Waals surface area contributed by atoms with Gasteiger partial charge in [-0.2, -0.15) is 20.2 Å². The molecule has 0 radical (unpaired) electrons. The molecule has 3 aromatic rings. The van der Waals surface area contributed by atoms with Crippen molar-refractivity contribution in [3.8, 4) is 6.07 Å². The molecule has 2 saturated heterocycles. The van der Waals surface area contributed by atoms with Gasteiger partial charge in [-0.1, -0.05) is 49.0 Å². The molecule has 9 rings (SSSR count). The third-order valence-corrected chi connectivity index (χ3v) is 13.8. The molecule has 2 atom stereocenters. The Kier molecular flexibility index (Phi) is 15.7. The number of morpholine rings is 2. The van der Waals surface area contributed by atoms with Crippen molar-refractivity contribution < 1.29 is 23.9 Å². The highest BCUT2D eigenvalue weighted by molar-refractivity contribution is 6.33. The van der Waals surface area contributed by atoms with Crippen LogP contribution in [0.3, 0.4) is 0 Å². The first-order valence-electron chi connectivity index (χ1n) is 22.0. The number of carbonyl (C=O) groups excluding carboxylic acids is 3. The largest absolute Gasteiger partial charge is 0.378 e. The van der Waals surface area contributed by atoms with Crippen LogP contribution in [0.4, 0.5) is 0 Å². The Morgan fingerprint density at radius 2 is 1.08 bits per heavy atom. The predicted octanol–water partition coefficient (Wildman–Crippen LogP) is 5.20. The van der Waals surface area contributed by atoms with Gasteiger partial charge in [0.25, 0.3) is 0 Å². The Morgan fingerprint density at radius 1 is 0.677 bits per heavy atom. The summed E-state index contributed by atoms with van der Waals surface area (Å²) in [5.74, 6) is 1.09. The van der Waals surface area contributed by atoms with Crippen LogP contribution in [0.1, 0.15) is 126 Å². The molecule has 5 heterocycles. The van der Waals surface area contributed by atoms with E-state index in [-0.39, 0.29) is 45.4 Å². The van der Waals surface area contributed by atoms with Gasteiger partial charge < -0.3 is 25.0 Å². The van der Waals surface area contributed by atoms with E-state index in [4.69, 9.17) is 50.0 Å².